The third-order valence-corrected chi connectivity index (χ3v) is 5.44. The number of nitrogens with two attached hydrogens (primary N) is 2. The Morgan fingerprint density at radius 3 is 2.35 bits per heavy atom. The summed E-state index contributed by atoms with van der Waals surface area (Å²) in [7, 11) is 0. The highest BCUT2D eigenvalue weighted by Gasteiger charge is 2.38. The SMILES string of the molecule is CC[C@H](C)[C@H](NC(=O)[C@@H]1CCCN1C(=O)[C@@H](N)CO)C(=O)N[C@@H](CCC(N)=O)C(=O)O. The van der Waals surface area contributed by atoms with Crippen molar-refractivity contribution in [2.24, 2.45) is 17.4 Å². The molecule has 0 aromatic heterocycles. The second-order valence-corrected chi connectivity index (χ2v) is 7.75. The smallest absolute Gasteiger partial charge is 0.326 e. The molecule has 1 aliphatic rings. The first-order chi connectivity index (χ1) is 14.5. The van der Waals surface area contributed by atoms with Crippen LogP contribution in [-0.4, -0.2) is 82.0 Å². The van der Waals surface area contributed by atoms with Crippen molar-refractivity contribution in [3.8, 4) is 0 Å². The molecule has 1 heterocycles. The molecule has 0 aliphatic carbocycles. The lowest BCUT2D eigenvalue weighted by Crippen LogP contribution is -2.58. The van der Waals surface area contributed by atoms with Crippen LogP contribution in [0.3, 0.4) is 0 Å². The zero-order valence-corrected chi connectivity index (χ0v) is 17.9. The van der Waals surface area contributed by atoms with Gasteiger partial charge >= 0.3 is 5.97 Å². The molecule has 0 bridgehead atoms. The summed E-state index contributed by atoms with van der Waals surface area (Å²) in [4.78, 5) is 61.6. The Labute approximate surface area is 180 Å². The van der Waals surface area contributed by atoms with Crippen molar-refractivity contribution in [2.75, 3.05) is 13.2 Å². The van der Waals surface area contributed by atoms with Crippen LogP contribution < -0.4 is 22.1 Å². The minimum atomic E-state index is -1.34. The second-order valence-electron chi connectivity index (χ2n) is 7.75. The first-order valence-electron chi connectivity index (χ1n) is 10.3. The fourth-order valence-electron chi connectivity index (χ4n) is 3.35. The van der Waals surface area contributed by atoms with Gasteiger partial charge in [-0.15, -0.1) is 0 Å². The lowest BCUT2D eigenvalue weighted by atomic mass is 9.97. The van der Waals surface area contributed by atoms with E-state index in [2.05, 4.69) is 10.6 Å². The number of hydrogen-bond acceptors (Lipinski definition) is 7. The fourth-order valence-corrected chi connectivity index (χ4v) is 3.35. The third kappa shape index (κ3) is 7.47. The summed E-state index contributed by atoms with van der Waals surface area (Å²) in [5.74, 6) is -4.17. The molecule has 0 aromatic rings. The van der Waals surface area contributed by atoms with Gasteiger partial charge < -0.3 is 37.2 Å². The van der Waals surface area contributed by atoms with Crippen LogP contribution in [0, 0.1) is 5.92 Å². The van der Waals surface area contributed by atoms with Crippen molar-refractivity contribution >= 4 is 29.6 Å². The van der Waals surface area contributed by atoms with Gasteiger partial charge in [0.1, 0.15) is 24.2 Å². The number of aliphatic carboxylic acids is 1. The number of carboxylic acid groups (broad SMARTS) is 1. The van der Waals surface area contributed by atoms with Gasteiger partial charge in [-0.05, 0) is 25.2 Å². The number of aliphatic hydroxyl groups excluding tert-OH is 1. The molecule has 0 spiro atoms. The van der Waals surface area contributed by atoms with Crippen LogP contribution in [0.15, 0.2) is 0 Å². The quantitative estimate of drug-likeness (QED) is 0.192. The van der Waals surface area contributed by atoms with Crippen LogP contribution >= 0.6 is 0 Å². The Kier molecular flexibility index (Phi) is 10.4. The van der Waals surface area contributed by atoms with Crippen LogP contribution in [0.5, 0.6) is 0 Å². The first kappa shape index (κ1) is 26.3. The van der Waals surface area contributed by atoms with Crippen molar-refractivity contribution < 1.29 is 34.2 Å². The summed E-state index contributed by atoms with van der Waals surface area (Å²) in [5, 5.41) is 23.4. The minimum Gasteiger partial charge on any atom is -0.480 e. The van der Waals surface area contributed by atoms with E-state index < -0.39 is 60.4 Å². The topological polar surface area (TPSA) is 205 Å². The molecule has 8 N–H and O–H groups in total. The normalized spacial score (nSPS) is 19.7. The van der Waals surface area contributed by atoms with Gasteiger partial charge in [0.15, 0.2) is 0 Å². The molecule has 1 saturated heterocycles. The molecule has 4 amide bonds. The van der Waals surface area contributed by atoms with Crippen molar-refractivity contribution in [1.29, 1.82) is 0 Å². The van der Waals surface area contributed by atoms with Crippen molar-refractivity contribution in [3.05, 3.63) is 0 Å². The summed E-state index contributed by atoms with van der Waals surface area (Å²) < 4.78 is 0. The maximum atomic E-state index is 12.9. The molecule has 0 aromatic carbocycles. The van der Waals surface area contributed by atoms with Gasteiger partial charge in [-0.1, -0.05) is 20.3 Å². The number of likely N-dealkylation sites (tertiary alicyclic amines) is 1. The number of amides is 4. The van der Waals surface area contributed by atoms with E-state index in [1.165, 1.54) is 4.90 Å². The number of carboxylic acids is 1. The number of aliphatic hydroxyl groups is 1. The van der Waals surface area contributed by atoms with E-state index in [-0.39, 0.29) is 18.8 Å². The maximum absolute atomic E-state index is 12.9. The zero-order valence-electron chi connectivity index (χ0n) is 17.9. The molecular formula is C19H33N5O7. The number of carbonyl (C=O) groups excluding carboxylic acids is 4. The highest BCUT2D eigenvalue weighted by atomic mass is 16.4. The fraction of sp³-hybridized carbons (Fsp3) is 0.737. The lowest BCUT2D eigenvalue weighted by Gasteiger charge is -2.30. The van der Waals surface area contributed by atoms with Gasteiger partial charge in [0.2, 0.25) is 23.6 Å². The molecule has 0 saturated carbocycles. The van der Waals surface area contributed by atoms with Crippen molar-refractivity contribution in [2.45, 2.75) is 70.1 Å². The molecule has 176 valence electrons. The molecule has 1 aliphatic heterocycles. The van der Waals surface area contributed by atoms with E-state index in [0.29, 0.717) is 25.8 Å². The van der Waals surface area contributed by atoms with E-state index in [1.807, 2.05) is 6.92 Å². The summed E-state index contributed by atoms with van der Waals surface area (Å²) >= 11 is 0. The van der Waals surface area contributed by atoms with Gasteiger partial charge in [0.05, 0.1) is 6.61 Å². The van der Waals surface area contributed by atoms with Gasteiger partial charge in [-0.2, -0.15) is 0 Å². The van der Waals surface area contributed by atoms with Crippen LogP contribution in [0.25, 0.3) is 0 Å². The summed E-state index contributed by atoms with van der Waals surface area (Å²) in [6, 6.07) is -4.36. The van der Waals surface area contributed by atoms with E-state index in [0.717, 1.165) is 0 Å². The average Bonchev–Trinajstić information content (AvgIpc) is 3.22. The predicted molar refractivity (Wildman–Crippen MR) is 109 cm³/mol. The standard InChI is InChI=1S/C19H33N5O7/c1-3-10(2)15(17(28)22-12(19(30)31)6-7-14(21)26)23-16(27)13-5-4-8-24(13)18(29)11(20)9-25/h10-13,15,25H,3-9,20H2,1-2H3,(H2,21,26)(H,22,28)(H,23,27)(H,30,31)/t10-,11-,12-,13-,15-/m0/s1. The number of primary amides is 1. The molecule has 0 radical (unpaired) electrons. The molecule has 5 atom stereocenters. The molecule has 12 heteroatoms. The largest absolute Gasteiger partial charge is 0.480 e. The Bertz CT molecular complexity index is 687. The Balaban J connectivity index is 2.92. The van der Waals surface area contributed by atoms with E-state index in [9.17, 15) is 29.1 Å². The maximum Gasteiger partial charge on any atom is 0.326 e. The summed E-state index contributed by atoms with van der Waals surface area (Å²) in [6.07, 6.45) is 1.06. The molecule has 1 fully saturated rings. The third-order valence-electron chi connectivity index (χ3n) is 5.44. The van der Waals surface area contributed by atoms with Crippen LogP contribution in [-0.2, 0) is 24.0 Å². The average molecular weight is 444 g/mol. The second kappa shape index (κ2) is 12.2. The predicted octanol–water partition coefficient (Wildman–Crippen LogP) is -2.34. The van der Waals surface area contributed by atoms with Crippen molar-refractivity contribution in [3.63, 3.8) is 0 Å². The van der Waals surface area contributed by atoms with Crippen LogP contribution in [0.4, 0.5) is 0 Å². The first-order valence-corrected chi connectivity index (χ1v) is 10.3. The van der Waals surface area contributed by atoms with Gasteiger partial charge in [-0.3, -0.25) is 19.2 Å². The van der Waals surface area contributed by atoms with Gasteiger partial charge in [0.25, 0.3) is 0 Å². The molecule has 12 nitrogen and oxygen atoms in total. The Hall–Kier alpha value is -2.73. The van der Waals surface area contributed by atoms with Crippen LogP contribution in [0.2, 0.25) is 0 Å². The molecule has 1 rings (SSSR count). The number of nitrogens with one attached hydrogen (secondary N) is 2. The van der Waals surface area contributed by atoms with E-state index >= 15 is 0 Å². The Morgan fingerprint density at radius 1 is 1.19 bits per heavy atom. The monoisotopic (exact) mass is 443 g/mol. The molecule has 0 unspecified atom stereocenters. The number of nitrogens with zero attached hydrogens (tertiary/aromatic N) is 1. The summed E-state index contributed by atoms with van der Waals surface area (Å²) in [5.41, 5.74) is 10.6. The zero-order chi connectivity index (χ0) is 23.7. The minimum absolute atomic E-state index is 0.179. The summed E-state index contributed by atoms with van der Waals surface area (Å²) in [6.45, 7) is 3.29. The van der Waals surface area contributed by atoms with Crippen molar-refractivity contribution in [1.82, 2.24) is 15.5 Å². The number of carbonyl (C=O) groups is 5. The van der Waals surface area contributed by atoms with Gasteiger partial charge in [0, 0.05) is 13.0 Å². The van der Waals surface area contributed by atoms with E-state index in [4.69, 9.17) is 16.6 Å². The van der Waals surface area contributed by atoms with E-state index in [1.54, 1.807) is 6.92 Å². The number of rotatable bonds is 12. The number of hydrogen-bond donors (Lipinski definition) is 6. The van der Waals surface area contributed by atoms with Gasteiger partial charge in [-0.25, -0.2) is 4.79 Å². The Morgan fingerprint density at radius 2 is 1.84 bits per heavy atom. The highest BCUT2D eigenvalue weighted by Crippen LogP contribution is 2.19. The lowest BCUT2D eigenvalue weighted by molar-refractivity contribution is -0.144. The highest BCUT2D eigenvalue weighted by molar-refractivity contribution is 5.94. The molecule has 31 heavy (non-hydrogen) atoms. The van der Waals surface area contributed by atoms with Crippen LogP contribution in [0.1, 0.15) is 46.0 Å². The molecular weight excluding hydrogens is 410 g/mol.